The fourth-order valence-electron chi connectivity index (χ4n) is 1.74. The summed E-state index contributed by atoms with van der Waals surface area (Å²) in [4.78, 5) is 0.670. The van der Waals surface area contributed by atoms with Gasteiger partial charge in [0, 0.05) is 4.83 Å². The lowest BCUT2D eigenvalue weighted by Gasteiger charge is -2.08. The molecule has 0 aliphatic heterocycles. The van der Waals surface area contributed by atoms with Crippen LogP contribution in [-0.4, -0.2) is 4.83 Å². The molecule has 0 radical (unpaired) electrons. The fourth-order valence-corrected chi connectivity index (χ4v) is 1.97. The molecule has 0 spiro atoms. The molecule has 1 heteroatoms. The molecular formula is C13H19Br. The average Bonchev–Trinajstić information content (AvgIpc) is 2.12. The summed E-state index contributed by atoms with van der Waals surface area (Å²) in [5, 5.41) is 0. The molecule has 0 N–H and O–H groups in total. The third-order valence-electron chi connectivity index (χ3n) is 2.47. The van der Waals surface area contributed by atoms with E-state index in [0.717, 1.165) is 0 Å². The Morgan fingerprint density at radius 3 is 2.21 bits per heavy atom. The summed E-state index contributed by atoms with van der Waals surface area (Å²) >= 11 is 3.67. The predicted molar refractivity (Wildman–Crippen MR) is 67.2 cm³/mol. The van der Waals surface area contributed by atoms with Crippen molar-refractivity contribution >= 4 is 15.9 Å². The van der Waals surface area contributed by atoms with Crippen LogP contribution in [0.5, 0.6) is 0 Å². The summed E-state index contributed by atoms with van der Waals surface area (Å²) in [6.07, 6.45) is 3.64. The summed E-state index contributed by atoms with van der Waals surface area (Å²) in [6, 6.07) is 6.82. The topological polar surface area (TPSA) is 0 Å². The molecule has 1 aromatic rings. The Labute approximate surface area is 95.9 Å². The minimum atomic E-state index is 0.670. The summed E-state index contributed by atoms with van der Waals surface area (Å²) in [7, 11) is 0. The summed E-state index contributed by atoms with van der Waals surface area (Å²) in [6.45, 7) is 6.56. The number of hydrogen-bond donors (Lipinski definition) is 0. The molecule has 0 aliphatic rings. The molecule has 1 unspecified atom stereocenters. The Morgan fingerprint density at radius 1 is 1.14 bits per heavy atom. The Morgan fingerprint density at radius 2 is 1.71 bits per heavy atom. The number of aryl methyl sites for hydroxylation is 3. The first-order valence-electron chi connectivity index (χ1n) is 5.33. The number of benzene rings is 1. The van der Waals surface area contributed by atoms with Crippen molar-refractivity contribution in [3.63, 3.8) is 0 Å². The lowest BCUT2D eigenvalue weighted by molar-refractivity contribution is 0.746. The highest BCUT2D eigenvalue weighted by Crippen LogP contribution is 2.16. The maximum absolute atomic E-state index is 3.67. The highest BCUT2D eigenvalue weighted by Gasteiger charge is 2.02. The maximum atomic E-state index is 3.67. The van der Waals surface area contributed by atoms with Crippen LogP contribution >= 0.6 is 15.9 Å². The van der Waals surface area contributed by atoms with Crippen molar-refractivity contribution in [1.82, 2.24) is 0 Å². The van der Waals surface area contributed by atoms with E-state index in [1.54, 1.807) is 0 Å². The van der Waals surface area contributed by atoms with Crippen molar-refractivity contribution in [1.29, 1.82) is 0 Å². The first-order valence-corrected chi connectivity index (χ1v) is 6.24. The smallest absolute Gasteiger partial charge is 0.0146 e. The van der Waals surface area contributed by atoms with Crippen LogP contribution in [0.1, 0.15) is 36.5 Å². The molecule has 0 bridgehead atoms. The molecule has 0 aliphatic carbocycles. The molecule has 1 aromatic carbocycles. The van der Waals surface area contributed by atoms with Crippen molar-refractivity contribution < 1.29 is 0 Å². The summed E-state index contributed by atoms with van der Waals surface area (Å²) in [5.74, 6) is 0. The molecule has 0 nitrogen and oxygen atoms in total. The van der Waals surface area contributed by atoms with E-state index < -0.39 is 0 Å². The predicted octanol–water partition coefficient (Wildman–Crippen LogP) is 4.41. The van der Waals surface area contributed by atoms with Gasteiger partial charge in [-0.25, -0.2) is 0 Å². The molecule has 14 heavy (non-hydrogen) atoms. The maximum Gasteiger partial charge on any atom is 0.0146 e. The van der Waals surface area contributed by atoms with Crippen molar-refractivity contribution in [2.75, 3.05) is 0 Å². The van der Waals surface area contributed by atoms with Crippen molar-refractivity contribution in [3.05, 3.63) is 34.9 Å². The molecule has 1 atom stereocenters. The number of halogens is 1. The largest absolute Gasteiger partial charge is 0.0891 e. The Bertz CT molecular complexity index is 271. The Hall–Kier alpha value is -0.300. The molecule has 78 valence electrons. The van der Waals surface area contributed by atoms with E-state index in [-0.39, 0.29) is 0 Å². The second-order valence-corrected chi connectivity index (χ2v) is 5.34. The highest BCUT2D eigenvalue weighted by molar-refractivity contribution is 9.09. The quantitative estimate of drug-likeness (QED) is 0.699. The molecule has 0 saturated heterocycles. The van der Waals surface area contributed by atoms with E-state index in [4.69, 9.17) is 0 Å². The van der Waals surface area contributed by atoms with Gasteiger partial charge in [-0.05, 0) is 38.7 Å². The van der Waals surface area contributed by atoms with Gasteiger partial charge in [0.15, 0.2) is 0 Å². The zero-order valence-electron chi connectivity index (χ0n) is 9.31. The normalized spacial score (nSPS) is 12.9. The van der Waals surface area contributed by atoms with Crippen molar-refractivity contribution in [3.8, 4) is 0 Å². The number of alkyl halides is 1. The van der Waals surface area contributed by atoms with Gasteiger partial charge in [-0.15, -0.1) is 0 Å². The van der Waals surface area contributed by atoms with Gasteiger partial charge in [0.25, 0.3) is 0 Å². The van der Waals surface area contributed by atoms with Crippen LogP contribution in [0.2, 0.25) is 0 Å². The minimum Gasteiger partial charge on any atom is -0.0891 e. The minimum absolute atomic E-state index is 0.670. The molecule has 0 amide bonds. The molecule has 1 rings (SSSR count). The van der Waals surface area contributed by atoms with Gasteiger partial charge in [0.1, 0.15) is 0 Å². The lowest BCUT2D eigenvalue weighted by atomic mass is 10.0. The first-order chi connectivity index (χ1) is 6.61. The Balaban J connectivity index is 2.58. The van der Waals surface area contributed by atoms with E-state index in [0.29, 0.717) is 4.83 Å². The van der Waals surface area contributed by atoms with Crippen molar-refractivity contribution in [2.45, 2.75) is 44.9 Å². The summed E-state index contributed by atoms with van der Waals surface area (Å²) in [5.41, 5.74) is 4.23. The second-order valence-electron chi connectivity index (χ2n) is 4.04. The van der Waals surface area contributed by atoms with E-state index in [1.165, 1.54) is 36.0 Å². The van der Waals surface area contributed by atoms with Gasteiger partial charge in [-0.3, -0.25) is 0 Å². The molecule has 0 aromatic heterocycles. The Kier molecular flexibility index (Phi) is 4.67. The van der Waals surface area contributed by atoms with E-state index in [1.807, 2.05) is 0 Å². The molecule has 0 fully saturated rings. The molecule has 0 heterocycles. The van der Waals surface area contributed by atoms with Crippen LogP contribution in [0.25, 0.3) is 0 Å². The van der Waals surface area contributed by atoms with Crippen LogP contribution in [0.3, 0.4) is 0 Å². The van der Waals surface area contributed by atoms with Gasteiger partial charge < -0.3 is 0 Å². The van der Waals surface area contributed by atoms with Gasteiger partial charge in [-0.1, -0.05) is 52.2 Å². The third kappa shape index (κ3) is 3.83. The third-order valence-corrected chi connectivity index (χ3v) is 3.58. The van der Waals surface area contributed by atoms with Crippen LogP contribution in [0.15, 0.2) is 18.2 Å². The van der Waals surface area contributed by atoms with Crippen LogP contribution in [0, 0.1) is 13.8 Å². The molecular weight excluding hydrogens is 236 g/mol. The first kappa shape index (κ1) is 11.8. The summed E-state index contributed by atoms with van der Waals surface area (Å²) < 4.78 is 0. The van der Waals surface area contributed by atoms with Gasteiger partial charge in [0.2, 0.25) is 0 Å². The zero-order valence-corrected chi connectivity index (χ0v) is 10.9. The standard InChI is InChI=1S/C13H19Br/c1-4-13(14)6-5-12-8-10(2)7-11(3)9-12/h7-9,13H,4-6H2,1-3H3. The van der Waals surface area contributed by atoms with Crippen LogP contribution < -0.4 is 0 Å². The van der Waals surface area contributed by atoms with E-state index >= 15 is 0 Å². The highest BCUT2D eigenvalue weighted by atomic mass is 79.9. The molecule has 0 saturated carbocycles. The lowest BCUT2D eigenvalue weighted by Crippen LogP contribution is -1.98. The van der Waals surface area contributed by atoms with Crippen molar-refractivity contribution in [2.24, 2.45) is 0 Å². The number of rotatable bonds is 4. The van der Waals surface area contributed by atoms with E-state index in [2.05, 4.69) is 54.9 Å². The SMILES string of the molecule is CCC(Br)CCc1cc(C)cc(C)c1. The monoisotopic (exact) mass is 254 g/mol. The fraction of sp³-hybridized carbons (Fsp3) is 0.538. The average molecular weight is 255 g/mol. The van der Waals surface area contributed by atoms with Crippen LogP contribution in [-0.2, 0) is 6.42 Å². The zero-order chi connectivity index (χ0) is 10.6. The van der Waals surface area contributed by atoms with Crippen LogP contribution in [0.4, 0.5) is 0 Å². The van der Waals surface area contributed by atoms with E-state index in [9.17, 15) is 0 Å². The number of hydrogen-bond acceptors (Lipinski definition) is 0. The van der Waals surface area contributed by atoms with Gasteiger partial charge in [0.05, 0.1) is 0 Å². The van der Waals surface area contributed by atoms with Gasteiger partial charge in [-0.2, -0.15) is 0 Å². The van der Waals surface area contributed by atoms with Gasteiger partial charge >= 0.3 is 0 Å². The second kappa shape index (κ2) is 5.55.